The first-order valence-corrected chi connectivity index (χ1v) is 8.96. The quantitative estimate of drug-likeness (QED) is 0.623. The van der Waals surface area contributed by atoms with E-state index in [1.165, 1.54) is 0 Å². The van der Waals surface area contributed by atoms with Gasteiger partial charge in [-0.1, -0.05) is 11.8 Å². The highest BCUT2D eigenvalue weighted by atomic mass is 32.2. The molecule has 0 aromatic carbocycles. The van der Waals surface area contributed by atoms with Crippen LogP contribution in [0.2, 0.25) is 0 Å². The first kappa shape index (κ1) is 16.0. The van der Waals surface area contributed by atoms with E-state index in [4.69, 9.17) is 0 Å². The van der Waals surface area contributed by atoms with E-state index in [-0.39, 0.29) is 5.91 Å². The lowest BCUT2D eigenvalue weighted by atomic mass is 10.1. The summed E-state index contributed by atoms with van der Waals surface area (Å²) in [5.41, 5.74) is 1.75. The molecule has 2 aromatic rings. The highest BCUT2D eigenvalue weighted by molar-refractivity contribution is 7.98. The Bertz CT molecular complexity index is 628. The topological polar surface area (TPSA) is 73.9 Å². The summed E-state index contributed by atoms with van der Waals surface area (Å²) in [7, 11) is 0. The van der Waals surface area contributed by atoms with Crippen molar-refractivity contribution in [2.24, 2.45) is 5.92 Å². The SMILES string of the molecule is CSc1ncc(CN2CC[C@H](CNC(=O)c3ccc[nH]3)C2)cn1. The van der Waals surface area contributed by atoms with E-state index < -0.39 is 0 Å². The minimum atomic E-state index is -0.0329. The predicted molar refractivity (Wildman–Crippen MR) is 90.3 cm³/mol. The number of aromatic amines is 1. The average Bonchev–Trinajstić information content (AvgIpc) is 3.25. The molecular formula is C16H21N5OS. The summed E-state index contributed by atoms with van der Waals surface area (Å²) in [5, 5.41) is 3.81. The lowest BCUT2D eigenvalue weighted by molar-refractivity contribution is 0.0943. The fraction of sp³-hybridized carbons (Fsp3) is 0.438. The molecule has 6 nitrogen and oxygen atoms in total. The van der Waals surface area contributed by atoms with Gasteiger partial charge in [-0.05, 0) is 37.3 Å². The third-order valence-corrected chi connectivity index (χ3v) is 4.61. The maximum atomic E-state index is 11.9. The van der Waals surface area contributed by atoms with Crippen molar-refractivity contribution in [3.63, 3.8) is 0 Å². The van der Waals surface area contributed by atoms with Crippen molar-refractivity contribution in [2.75, 3.05) is 25.9 Å². The lowest BCUT2D eigenvalue weighted by Crippen LogP contribution is -2.31. The van der Waals surface area contributed by atoms with Crippen LogP contribution in [0.3, 0.4) is 0 Å². The summed E-state index contributed by atoms with van der Waals surface area (Å²) in [6.45, 7) is 3.63. The second-order valence-corrected chi connectivity index (χ2v) is 6.54. The van der Waals surface area contributed by atoms with Crippen molar-refractivity contribution in [3.05, 3.63) is 42.0 Å². The largest absolute Gasteiger partial charge is 0.357 e. The molecule has 1 saturated heterocycles. The Balaban J connectivity index is 1.44. The van der Waals surface area contributed by atoms with Gasteiger partial charge in [0.15, 0.2) is 5.16 Å². The molecule has 0 bridgehead atoms. The van der Waals surface area contributed by atoms with Gasteiger partial charge in [-0.25, -0.2) is 9.97 Å². The highest BCUT2D eigenvalue weighted by Crippen LogP contribution is 2.18. The number of aromatic nitrogens is 3. The van der Waals surface area contributed by atoms with Gasteiger partial charge in [0.2, 0.25) is 0 Å². The zero-order valence-corrected chi connectivity index (χ0v) is 14.0. The molecule has 2 aromatic heterocycles. The van der Waals surface area contributed by atoms with Crippen LogP contribution < -0.4 is 5.32 Å². The Morgan fingerprint density at radius 1 is 1.48 bits per heavy atom. The third-order valence-electron chi connectivity index (χ3n) is 4.03. The maximum Gasteiger partial charge on any atom is 0.267 e. The number of amides is 1. The van der Waals surface area contributed by atoms with Gasteiger partial charge < -0.3 is 10.3 Å². The van der Waals surface area contributed by atoms with Crippen molar-refractivity contribution in [1.82, 2.24) is 25.2 Å². The van der Waals surface area contributed by atoms with E-state index in [1.54, 1.807) is 24.0 Å². The van der Waals surface area contributed by atoms with E-state index >= 15 is 0 Å². The van der Waals surface area contributed by atoms with E-state index in [9.17, 15) is 4.79 Å². The normalized spacial score (nSPS) is 18.2. The van der Waals surface area contributed by atoms with Crippen molar-refractivity contribution >= 4 is 17.7 Å². The van der Waals surface area contributed by atoms with Gasteiger partial charge in [0.1, 0.15) is 5.69 Å². The number of nitrogens with zero attached hydrogens (tertiary/aromatic N) is 3. The number of hydrogen-bond donors (Lipinski definition) is 2. The number of likely N-dealkylation sites (tertiary alicyclic amines) is 1. The maximum absolute atomic E-state index is 11.9. The summed E-state index contributed by atoms with van der Waals surface area (Å²) in [4.78, 5) is 25.9. The van der Waals surface area contributed by atoms with Crippen LogP contribution in [0.4, 0.5) is 0 Å². The van der Waals surface area contributed by atoms with E-state index in [0.717, 1.165) is 43.3 Å². The molecule has 2 N–H and O–H groups in total. The van der Waals surface area contributed by atoms with Crippen molar-refractivity contribution in [2.45, 2.75) is 18.1 Å². The molecular weight excluding hydrogens is 310 g/mol. The van der Waals surface area contributed by atoms with Gasteiger partial charge >= 0.3 is 0 Å². The summed E-state index contributed by atoms with van der Waals surface area (Å²) in [5.74, 6) is 0.467. The van der Waals surface area contributed by atoms with Crippen LogP contribution in [0, 0.1) is 5.92 Å². The molecule has 0 aliphatic carbocycles. The van der Waals surface area contributed by atoms with E-state index in [0.29, 0.717) is 11.6 Å². The molecule has 3 rings (SSSR count). The summed E-state index contributed by atoms with van der Waals surface area (Å²) >= 11 is 1.55. The molecule has 0 radical (unpaired) electrons. The summed E-state index contributed by atoms with van der Waals surface area (Å²) in [6.07, 6.45) is 8.64. The number of hydrogen-bond acceptors (Lipinski definition) is 5. The van der Waals surface area contributed by atoms with Crippen LogP contribution in [0.1, 0.15) is 22.5 Å². The molecule has 0 unspecified atom stereocenters. The summed E-state index contributed by atoms with van der Waals surface area (Å²) < 4.78 is 0. The number of carbonyl (C=O) groups excluding carboxylic acids is 1. The fourth-order valence-electron chi connectivity index (χ4n) is 2.82. The minimum Gasteiger partial charge on any atom is -0.357 e. The van der Waals surface area contributed by atoms with Crippen LogP contribution >= 0.6 is 11.8 Å². The van der Waals surface area contributed by atoms with Gasteiger partial charge in [0.25, 0.3) is 5.91 Å². The van der Waals surface area contributed by atoms with Crippen molar-refractivity contribution < 1.29 is 4.79 Å². The molecule has 0 spiro atoms. The Hall–Kier alpha value is -1.86. The number of thioether (sulfide) groups is 1. The van der Waals surface area contributed by atoms with Crippen LogP contribution in [0.5, 0.6) is 0 Å². The average molecular weight is 331 g/mol. The third kappa shape index (κ3) is 4.33. The molecule has 0 saturated carbocycles. The first-order valence-electron chi connectivity index (χ1n) is 7.73. The first-order chi connectivity index (χ1) is 11.2. The van der Waals surface area contributed by atoms with Gasteiger partial charge in [-0.2, -0.15) is 0 Å². The number of rotatable bonds is 6. The zero-order chi connectivity index (χ0) is 16.1. The van der Waals surface area contributed by atoms with Crippen LogP contribution in [-0.2, 0) is 6.54 Å². The second-order valence-electron chi connectivity index (χ2n) is 5.76. The molecule has 7 heteroatoms. The van der Waals surface area contributed by atoms with E-state index in [1.807, 2.05) is 24.7 Å². The molecule has 3 heterocycles. The molecule has 122 valence electrons. The molecule has 1 amide bonds. The fourth-order valence-corrected chi connectivity index (χ4v) is 3.13. The molecule has 1 fully saturated rings. The standard InChI is InChI=1S/C16H21N5OS/c1-23-16-19-8-13(9-20-16)11-21-6-4-12(10-21)7-18-15(22)14-3-2-5-17-14/h2-3,5,8-9,12,17H,4,6-7,10-11H2,1H3,(H,18,22)/t12-/m1/s1. The summed E-state index contributed by atoms with van der Waals surface area (Å²) in [6, 6.07) is 3.62. The van der Waals surface area contributed by atoms with Crippen LogP contribution in [0.15, 0.2) is 35.9 Å². The monoisotopic (exact) mass is 331 g/mol. The van der Waals surface area contributed by atoms with Crippen molar-refractivity contribution in [3.8, 4) is 0 Å². The van der Waals surface area contributed by atoms with E-state index in [2.05, 4.69) is 25.2 Å². The predicted octanol–water partition coefficient (Wildman–Crippen LogP) is 1.78. The molecule has 1 aliphatic rings. The van der Waals surface area contributed by atoms with Crippen LogP contribution in [0.25, 0.3) is 0 Å². The smallest absolute Gasteiger partial charge is 0.267 e. The Morgan fingerprint density at radius 3 is 3.00 bits per heavy atom. The zero-order valence-electron chi connectivity index (χ0n) is 13.2. The van der Waals surface area contributed by atoms with Gasteiger partial charge in [-0.15, -0.1) is 0 Å². The number of H-pyrrole nitrogens is 1. The number of nitrogens with one attached hydrogen (secondary N) is 2. The van der Waals surface area contributed by atoms with Gasteiger partial charge in [-0.3, -0.25) is 9.69 Å². The Morgan fingerprint density at radius 2 is 2.30 bits per heavy atom. The molecule has 23 heavy (non-hydrogen) atoms. The Labute approximate surface area is 140 Å². The van der Waals surface area contributed by atoms with Crippen molar-refractivity contribution in [1.29, 1.82) is 0 Å². The lowest BCUT2D eigenvalue weighted by Gasteiger charge is -2.16. The van der Waals surface area contributed by atoms with Crippen LogP contribution in [-0.4, -0.2) is 51.6 Å². The second kappa shape index (κ2) is 7.61. The Kier molecular flexibility index (Phi) is 5.30. The van der Waals surface area contributed by atoms with Gasteiger partial charge in [0, 0.05) is 43.8 Å². The molecule has 1 aliphatic heterocycles. The highest BCUT2D eigenvalue weighted by Gasteiger charge is 2.23. The molecule has 1 atom stereocenters. The minimum absolute atomic E-state index is 0.0329. The van der Waals surface area contributed by atoms with Gasteiger partial charge in [0.05, 0.1) is 0 Å². The number of carbonyl (C=O) groups is 1.